The number of hydrogen-bond donors (Lipinski definition) is 2. The molecule has 0 aliphatic carbocycles. The maximum absolute atomic E-state index is 12.3. The highest BCUT2D eigenvalue weighted by Gasteiger charge is 2.19. The molecule has 2 amide bonds. The predicted octanol–water partition coefficient (Wildman–Crippen LogP) is 3.80. The Bertz CT molecular complexity index is 992. The number of rotatable bonds is 7. The van der Waals surface area contributed by atoms with E-state index in [-0.39, 0.29) is 23.6 Å². The van der Waals surface area contributed by atoms with Gasteiger partial charge in [-0.15, -0.1) is 10.2 Å². The summed E-state index contributed by atoms with van der Waals surface area (Å²) in [5, 5.41) is 14.7. The Morgan fingerprint density at radius 1 is 1.10 bits per heavy atom. The van der Waals surface area contributed by atoms with Gasteiger partial charge < -0.3 is 15.2 Å². The molecule has 1 heterocycles. The minimum absolute atomic E-state index is 0.132. The van der Waals surface area contributed by atoms with Gasteiger partial charge in [0.25, 0.3) is 5.91 Å². The minimum Gasteiger partial charge on any atom is -0.342 e. The van der Waals surface area contributed by atoms with Gasteiger partial charge in [0.15, 0.2) is 11.0 Å². The van der Waals surface area contributed by atoms with Crippen molar-refractivity contribution >= 4 is 45.2 Å². The molecule has 7 nitrogen and oxygen atoms in total. The van der Waals surface area contributed by atoms with Gasteiger partial charge in [-0.2, -0.15) is 0 Å². The molecule has 29 heavy (non-hydrogen) atoms. The molecule has 3 rings (SSSR count). The summed E-state index contributed by atoms with van der Waals surface area (Å²) in [6.07, 6.45) is 0. The van der Waals surface area contributed by atoms with Gasteiger partial charge >= 0.3 is 0 Å². The van der Waals surface area contributed by atoms with Crippen LogP contribution in [0.25, 0.3) is 0 Å². The van der Waals surface area contributed by atoms with Crippen LogP contribution in [0, 0.1) is 0 Å². The normalized spacial score (nSPS) is 11.7. The molecule has 3 aromatic rings. The third-order valence-electron chi connectivity index (χ3n) is 4.10. The van der Waals surface area contributed by atoms with E-state index in [1.807, 2.05) is 56.4 Å². The number of hydrogen-bond acceptors (Lipinski definition) is 5. The number of nitrogens with zero attached hydrogens (tertiary/aromatic N) is 3. The van der Waals surface area contributed by atoms with Gasteiger partial charge in [-0.25, -0.2) is 0 Å². The zero-order valence-electron chi connectivity index (χ0n) is 15.9. The van der Waals surface area contributed by atoms with Crippen LogP contribution in [0.2, 0.25) is 0 Å². The van der Waals surface area contributed by atoms with Gasteiger partial charge in [0.2, 0.25) is 5.91 Å². The summed E-state index contributed by atoms with van der Waals surface area (Å²) in [5.74, 6) is 0.508. The quantitative estimate of drug-likeness (QED) is 0.509. The van der Waals surface area contributed by atoms with E-state index in [1.54, 1.807) is 16.7 Å². The van der Waals surface area contributed by atoms with Crippen molar-refractivity contribution in [3.05, 3.63) is 70.5 Å². The monoisotopic (exact) mass is 473 g/mol. The fraction of sp³-hybridized carbons (Fsp3) is 0.200. The maximum Gasteiger partial charge on any atom is 0.251 e. The number of thioether (sulfide) groups is 1. The number of carbonyl (C=O) groups excluding carboxylic acids is 2. The van der Waals surface area contributed by atoms with Crippen molar-refractivity contribution in [1.82, 2.24) is 20.1 Å². The third kappa shape index (κ3) is 5.68. The Balaban J connectivity index is 1.56. The molecule has 0 saturated heterocycles. The van der Waals surface area contributed by atoms with Gasteiger partial charge in [-0.3, -0.25) is 9.59 Å². The maximum atomic E-state index is 12.3. The van der Waals surface area contributed by atoms with Crippen molar-refractivity contribution in [2.75, 3.05) is 11.1 Å². The Kier molecular flexibility index (Phi) is 7.05. The molecule has 0 fully saturated rings. The van der Waals surface area contributed by atoms with Crippen molar-refractivity contribution in [2.45, 2.75) is 18.1 Å². The summed E-state index contributed by atoms with van der Waals surface area (Å²) in [6.45, 7) is 1.85. The summed E-state index contributed by atoms with van der Waals surface area (Å²) in [5.41, 5.74) is 1.32. The molecule has 0 aliphatic rings. The second-order valence-electron chi connectivity index (χ2n) is 6.30. The van der Waals surface area contributed by atoms with Crippen LogP contribution < -0.4 is 10.6 Å². The standard InChI is InChI=1S/C20H20BrN5O2S/c1-13(22-19(28)14-6-4-3-5-7-14)18-24-25-20(26(18)2)29-12-17(27)23-16-10-8-15(21)9-11-16/h3-11,13H,12H2,1-2H3,(H,22,28)(H,23,27)/t13-/m0/s1. The molecule has 0 saturated carbocycles. The van der Waals surface area contributed by atoms with Crippen molar-refractivity contribution in [2.24, 2.45) is 7.05 Å². The Labute approximate surface area is 181 Å². The smallest absolute Gasteiger partial charge is 0.251 e. The van der Waals surface area contributed by atoms with Gasteiger partial charge in [0.05, 0.1) is 11.8 Å². The largest absolute Gasteiger partial charge is 0.342 e. The summed E-state index contributed by atoms with van der Waals surface area (Å²) in [4.78, 5) is 24.5. The van der Waals surface area contributed by atoms with Gasteiger partial charge in [0, 0.05) is 22.8 Å². The number of carbonyl (C=O) groups is 2. The van der Waals surface area contributed by atoms with Crippen molar-refractivity contribution in [3.63, 3.8) is 0 Å². The van der Waals surface area contributed by atoms with Crippen LogP contribution in [0.1, 0.15) is 29.1 Å². The molecule has 0 spiro atoms. The number of amides is 2. The van der Waals surface area contributed by atoms with Crippen LogP contribution in [-0.2, 0) is 11.8 Å². The number of aromatic nitrogens is 3. The lowest BCUT2D eigenvalue weighted by Gasteiger charge is -2.13. The number of benzene rings is 2. The first-order valence-electron chi connectivity index (χ1n) is 8.87. The summed E-state index contributed by atoms with van der Waals surface area (Å²) < 4.78 is 2.73. The zero-order valence-corrected chi connectivity index (χ0v) is 18.3. The zero-order chi connectivity index (χ0) is 20.8. The van der Waals surface area contributed by atoms with Crippen molar-refractivity contribution < 1.29 is 9.59 Å². The van der Waals surface area contributed by atoms with Crippen LogP contribution in [-0.4, -0.2) is 32.3 Å². The van der Waals surface area contributed by atoms with E-state index in [4.69, 9.17) is 0 Å². The summed E-state index contributed by atoms with van der Waals surface area (Å²) in [6, 6.07) is 16.0. The first kappa shape index (κ1) is 21.1. The summed E-state index contributed by atoms with van der Waals surface area (Å²) in [7, 11) is 1.81. The van der Waals surface area contributed by atoms with Crippen LogP contribution >= 0.6 is 27.7 Å². The second kappa shape index (κ2) is 9.71. The van der Waals surface area contributed by atoms with E-state index in [2.05, 4.69) is 36.8 Å². The lowest BCUT2D eigenvalue weighted by atomic mass is 10.2. The van der Waals surface area contributed by atoms with E-state index in [0.717, 1.165) is 10.2 Å². The highest BCUT2D eigenvalue weighted by Crippen LogP contribution is 2.20. The van der Waals surface area contributed by atoms with Gasteiger partial charge in [0.1, 0.15) is 0 Å². The van der Waals surface area contributed by atoms with Crippen LogP contribution in [0.3, 0.4) is 0 Å². The van der Waals surface area contributed by atoms with Gasteiger partial charge in [-0.1, -0.05) is 45.9 Å². The van der Waals surface area contributed by atoms with E-state index in [9.17, 15) is 9.59 Å². The highest BCUT2D eigenvalue weighted by molar-refractivity contribution is 9.10. The molecule has 0 unspecified atom stereocenters. The number of anilines is 1. The average molecular weight is 474 g/mol. The van der Waals surface area contributed by atoms with Gasteiger partial charge in [-0.05, 0) is 43.3 Å². The molecule has 0 radical (unpaired) electrons. The Hall–Kier alpha value is -2.65. The molecular formula is C20H20BrN5O2S. The first-order chi connectivity index (χ1) is 13.9. The number of nitrogens with one attached hydrogen (secondary N) is 2. The molecule has 0 aliphatic heterocycles. The molecule has 1 atom stereocenters. The lowest BCUT2D eigenvalue weighted by Crippen LogP contribution is -2.28. The van der Waals surface area contributed by atoms with E-state index >= 15 is 0 Å². The van der Waals surface area contributed by atoms with Crippen LogP contribution in [0.15, 0.2) is 64.2 Å². The second-order valence-corrected chi connectivity index (χ2v) is 8.16. The fourth-order valence-electron chi connectivity index (χ4n) is 2.62. The first-order valence-corrected chi connectivity index (χ1v) is 10.7. The highest BCUT2D eigenvalue weighted by atomic mass is 79.9. The summed E-state index contributed by atoms with van der Waals surface area (Å²) >= 11 is 4.65. The molecule has 150 valence electrons. The SMILES string of the molecule is C[C@H](NC(=O)c1ccccc1)c1nnc(SCC(=O)Nc2ccc(Br)cc2)n1C. The van der Waals surface area contributed by atoms with Crippen LogP contribution in [0.5, 0.6) is 0 Å². The molecule has 9 heteroatoms. The Morgan fingerprint density at radius 3 is 2.48 bits per heavy atom. The third-order valence-corrected chi connectivity index (χ3v) is 5.65. The molecule has 0 bridgehead atoms. The minimum atomic E-state index is -0.328. The molecule has 2 N–H and O–H groups in total. The average Bonchev–Trinajstić information content (AvgIpc) is 3.09. The molecule has 2 aromatic carbocycles. The van der Waals surface area contributed by atoms with E-state index < -0.39 is 0 Å². The lowest BCUT2D eigenvalue weighted by molar-refractivity contribution is -0.113. The van der Waals surface area contributed by atoms with Crippen molar-refractivity contribution in [1.29, 1.82) is 0 Å². The van der Waals surface area contributed by atoms with E-state index in [0.29, 0.717) is 16.5 Å². The van der Waals surface area contributed by atoms with E-state index in [1.165, 1.54) is 11.8 Å². The molecule has 1 aromatic heterocycles. The van der Waals surface area contributed by atoms with Crippen LogP contribution in [0.4, 0.5) is 5.69 Å². The fourth-order valence-corrected chi connectivity index (χ4v) is 3.61. The molecular weight excluding hydrogens is 454 g/mol. The predicted molar refractivity (Wildman–Crippen MR) is 117 cm³/mol. The van der Waals surface area contributed by atoms with Crippen molar-refractivity contribution in [3.8, 4) is 0 Å². The topological polar surface area (TPSA) is 88.9 Å². The number of halogens is 1. The Morgan fingerprint density at radius 2 is 1.79 bits per heavy atom.